The molecule has 0 aliphatic carbocycles. The maximum atomic E-state index is 12.8. The fourth-order valence-electron chi connectivity index (χ4n) is 3.20. The molecule has 0 spiro atoms. The van der Waals surface area contributed by atoms with Gasteiger partial charge >= 0.3 is 0 Å². The summed E-state index contributed by atoms with van der Waals surface area (Å²) in [4.78, 5) is 27.1. The molecule has 0 N–H and O–H groups in total. The molecule has 1 aliphatic rings. The molecule has 5 heteroatoms. The molecule has 4 rings (SSSR count). The number of imide groups is 1. The summed E-state index contributed by atoms with van der Waals surface area (Å²) in [5.41, 5.74) is 1.79. The van der Waals surface area contributed by atoms with Crippen molar-refractivity contribution in [3.8, 4) is 5.75 Å². The van der Waals surface area contributed by atoms with Gasteiger partial charge in [0, 0.05) is 0 Å². The van der Waals surface area contributed by atoms with Crippen LogP contribution in [0, 0.1) is 0 Å². The number of ether oxygens (including phenoxy) is 1. The van der Waals surface area contributed by atoms with Crippen molar-refractivity contribution in [2.45, 2.75) is 6.54 Å². The smallest absolute Gasteiger partial charge is 0.293 e. The zero-order chi connectivity index (χ0) is 20.2. The van der Waals surface area contributed by atoms with E-state index >= 15 is 0 Å². The Hall–Kier alpha value is -3.31. The van der Waals surface area contributed by atoms with E-state index in [1.165, 1.54) is 4.90 Å². The molecule has 0 unspecified atom stereocenters. The summed E-state index contributed by atoms with van der Waals surface area (Å²) in [6.45, 7) is 4.32. The summed E-state index contributed by atoms with van der Waals surface area (Å²) in [5, 5.41) is 1.89. The van der Waals surface area contributed by atoms with Crippen LogP contribution in [0.2, 0.25) is 0 Å². The van der Waals surface area contributed by atoms with E-state index in [-0.39, 0.29) is 17.7 Å². The van der Waals surface area contributed by atoms with Crippen LogP contribution in [0.1, 0.15) is 11.1 Å². The molecule has 2 amide bonds. The normalized spacial score (nSPS) is 15.3. The van der Waals surface area contributed by atoms with Crippen molar-refractivity contribution in [3.05, 3.63) is 95.4 Å². The van der Waals surface area contributed by atoms with Crippen LogP contribution < -0.4 is 4.74 Å². The number of thioether (sulfide) groups is 1. The van der Waals surface area contributed by atoms with Gasteiger partial charge < -0.3 is 4.74 Å². The van der Waals surface area contributed by atoms with Crippen molar-refractivity contribution in [3.63, 3.8) is 0 Å². The number of fused-ring (bicyclic) bond motifs is 1. The molecular formula is C24H19NO3S. The zero-order valence-corrected chi connectivity index (χ0v) is 16.5. The first-order chi connectivity index (χ1) is 14.2. The lowest BCUT2D eigenvalue weighted by Gasteiger charge is -2.14. The van der Waals surface area contributed by atoms with Crippen molar-refractivity contribution in [1.82, 2.24) is 4.90 Å². The molecule has 0 aromatic heterocycles. The van der Waals surface area contributed by atoms with Gasteiger partial charge in [0.2, 0.25) is 0 Å². The van der Waals surface area contributed by atoms with Crippen molar-refractivity contribution >= 4 is 39.8 Å². The highest BCUT2D eigenvalue weighted by molar-refractivity contribution is 8.18. The summed E-state index contributed by atoms with van der Waals surface area (Å²) in [7, 11) is 0. The molecule has 1 fully saturated rings. The van der Waals surface area contributed by atoms with Gasteiger partial charge in [-0.3, -0.25) is 14.5 Å². The Labute approximate surface area is 173 Å². The van der Waals surface area contributed by atoms with Gasteiger partial charge in [0.05, 0.1) is 11.4 Å². The highest BCUT2D eigenvalue weighted by atomic mass is 32.2. The lowest BCUT2D eigenvalue weighted by molar-refractivity contribution is -0.123. The summed E-state index contributed by atoms with van der Waals surface area (Å²) < 4.78 is 5.46. The molecule has 3 aromatic rings. The minimum atomic E-state index is -0.264. The van der Waals surface area contributed by atoms with Crippen LogP contribution in [0.5, 0.6) is 5.75 Å². The Morgan fingerprint density at radius 1 is 0.966 bits per heavy atom. The molecule has 0 saturated carbocycles. The number of nitrogens with zero attached hydrogens (tertiary/aromatic N) is 1. The number of hydrogen-bond acceptors (Lipinski definition) is 4. The van der Waals surface area contributed by atoms with Crippen LogP contribution in [-0.2, 0) is 11.3 Å². The Kier molecular flexibility index (Phi) is 5.49. The van der Waals surface area contributed by atoms with Crippen molar-refractivity contribution in [2.75, 3.05) is 6.61 Å². The molecule has 4 nitrogen and oxygen atoms in total. The third-order valence-electron chi connectivity index (χ3n) is 4.63. The number of carbonyl (C=O) groups is 2. The quantitative estimate of drug-likeness (QED) is 0.396. The van der Waals surface area contributed by atoms with Crippen LogP contribution in [-0.4, -0.2) is 22.7 Å². The highest BCUT2D eigenvalue weighted by Crippen LogP contribution is 2.34. The maximum absolute atomic E-state index is 12.8. The molecule has 144 valence electrons. The third-order valence-corrected chi connectivity index (χ3v) is 5.54. The van der Waals surface area contributed by atoms with Crippen molar-refractivity contribution in [1.29, 1.82) is 0 Å². The summed E-state index contributed by atoms with van der Waals surface area (Å²) in [6.07, 6.45) is 3.42. The fourth-order valence-corrected chi connectivity index (χ4v) is 4.04. The highest BCUT2D eigenvalue weighted by Gasteiger charge is 2.35. The molecule has 29 heavy (non-hydrogen) atoms. The predicted octanol–water partition coefficient (Wildman–Crippen LogP) is 5.64. The van der Waals surface area contributed by atoms with Gasteiger partial charge in [-0.15, -0.1) is 0 Å². The minimum absolute atomic E-state index is 0.250. The second-order valence-corrected chi connectivity index (χ2v) is 7.57. The van der Waals surface area contributed by atoms with Crippen LogP contribution in [0.4, 0.5) is 4.79 Å². The SMILES string of the molecule is C=CCOc1ccc(/C=C2/SC(=O)N(Cc3cccc4ccccc34)C2=O)cc1. The molecule has 0 radical (unpaired) electrons. The standard InChI is InChI=1S/C24H19NO3S/c1-2-14-28-20-12-10-17(11-13-20)15-22-23(26)25(24(27)29-22)16-19-8-5-7-18-6-3-4-9-21(18)19/h2-13,15H,1,14,16H2/b22-15+. The number of carbonyl (C=O) groups excluding carboxylic acids is 2. The Morgan fingerprint density at radius 2 is 1.72 bits per heavy atom. The topological polar surface area (TPSA) is 46.6 Å². The van der Waals surface area contributed by atoms with E-state index in [4.69, 9.17) is 4.74 Å². The monoisotopic (exact) mass is 401 g/mol. The van der Waals surface area contributed by atoms with E-state index in [1.807, 2.05) is 66.7 Å². The Balaban J connectivity index is 1.54. The lowest BCUT2D eigenvalue weighted by atomic mass is 10.0. The van der Waals surface area contributed by atoms with E-state index in [2.05, 4.69) is 6.58 Å². The number of rotatable bonds is 6. The van der Waals surface area contributed by atoms with E-state index in [1.54, 1.807) is 12.2 Å². The molecule has 0 bridgehead atoms. The first-order valence-corrected chi connectivity index (χ1v) is 10.0. The molecular weight excluding hydrogens is 382 g/mol. The number of amides is 2. The van der Waals surface area contributed by atoms with E-state index < -0.39 is 0 Å². The summed E-state index contributed by atoms with van der Waals surface area (Å²) >= 11 is 0.973. The van der Waals surface area contributed by atoms with Crippen LogP contribution in [0.3, 0.4) is 0 Å². The third kappa shape index (κ3) is 4.10. The van der Waals surface area contributed by atoms with E-state index in [9.17, 15) is 9.59 Å². The summed E-state index contributed by atoms with van der Waals surface area (Å²) in [5.74, 6) is 0.464. The van der Waals surface area contributed by atoms with Gasteiger partial charge in [-0.05, 0) is 51.9 Å². The molecule has 1 aliphatic heterocycles. The van der Waals surface area contributed by atoms with Gasteiger partial charge in [-0.1, -0.05) is 67.3 Å². The zero-order valence-electron chi connectivity index (χ0n) is 15.7. The Bertz CT molecular complexity index is 1110. The first-order valence-electron chi connectivity index (χ1n) is 9.21. The van der Waals surface area contributed by atoms with E-state index in [0.29, 0.717) is 11.5 Å². The largest absolute Gasteiger partial charge is 0.490 e. The van der Waals surface area contributed by atoms with Gasteiger partial charge in [-0.2, -0.15) is 0 Å². The van der Waals surface area contributed by atoms with Crippen LogP contribution in [0.15, 0.2) is 84.3 Å². The van der Waals surface area contributed by atoms with Crippen LogP contribution in [0.25, 0.3) is 16.8 Å². The van der Waals surface area contributed by atoms with Gasteiger partial charge in [0.25, 0.3) is 11.1 Å². The molecule has 1 saturated heterocycles. The number of benzene rings is 3. The molecule has 3 aromatic carbocycles. The second-order valence-electron chi connectivity index (χ2n) is 6.57. The van der Waals surface area contributed by atoms with Gasteiger partial charge in [0.15, 0.2) is 0 Å². The second kappa shape index (κ2) is 8.37. The minimum Gasteiger partial charge on any atom is -0.490 e. The fraction of sp³-hybridized carbons (Fsp3) is 0.0833. The number of hydrogen-bond donors (Lipinski definition) is 0. The first kappa shape index (κ1) is 19.0. The van der Waals surface area contributed by atoms with Gasteiger partial charge in [-0.25, -0.2) is 0 Å². The average molecular weight is 401 g/mol. The lowest BCUT2D eigenvalue weighted by Crippen LogP contribution is -2.27. The maximum Gasteiger partial charge on any atom is 0.293 e. The Morgan fingerprint density at radius 3 is 2.52 bits per heavy atom. The predicted molar refractivity (Wildman–Crippen MR) is 118 cm³/mol. The summed E-state index contributed by atoms with van der Waals surface area (Å²) in [6, 6.07) is 21.3. The van der Waals surface area contributed by atoms with Crippen LogP contribution >= 0.6 is 11.8 Å². The van der Waals surface area contributed by atoms with Crippen molar-refractivity contribution in [2.24, 2.45) is 0 Å². The molecule has 1 heterocycles. The van der Waals surface area contributed by atoms with Gasteiger partial charge in [0.1, 0.15) is 12.4 Å². The van der Waals surface area contributed by atoms with E-state index in [0.717, 1.165) is 39.4 Å². The average Bonchev–Trinajstić information content (AvgIpc) is 3.01. The van der Waals surface area contributed by atoms with Crippen molar-refractivity contribution < 1.29 is 14.3 Å². The molecule has 0 atom stereocenters.